The van der Waals surface area contributed by atoms with Crippen molar-refractivity contribution in [3.8, 4) is 0 Å². The second-order valence-electron chi connectivity index (χ2n) is 4.05. The number of hydrogen-bond donors (Lipinski definition) is 0. The molecule has 0 aromatic rings. The average Bonchev–Trinajstić information content (AvgIpc) is 2.21. The van der Waals surface area contributed by atoms with Gasteiger partial charge >= 0.3 is 8.25 Å². The van der Waals surface area contributed by atoms with Crippen molar-refractivity contribution in [1.82, 2.24) is 6.89 Å². The smallest absolute Gasteiger partial charge is 0.310 e. The number of halogens is 4. The van der Waals surface area contributed by atoms with Crippen LogP contribution < -0.4 is 0 Å². The summed E-state index contributed by atoms with van der Waals surface area (Å²) in [6.45, 7) is 5.70. The fraction of sp³-hybridized carbons (Fsp3) is 1.00. The molecule has 0 N–H and O–H groups in total. The fourth-order valence-electron chi connectivity index (χ4n) is 1.04. The van der Waals surface area contributed by atoms with Gasteiger partial charge in [0.2, 0.25) is 0 Å². The molecule has 2 unspecified atom stereocenters. The summed E-state index contributed by atoms with van der Waals surface area (Å²) in [6.07, 6.45) is 0. The molecule has 0 saturated heterocycles. The number of rotatable bonds is 10. The lowest BCUT2D eigenvalue weighted by Gasteiger charge is -2.15. The number of hydrogen-bond acceptors (Lipinski definition) is 5. The van der Waals surface area contributed by atoms with Crippen LogP contribution in [0.15, 0.2) is 0 Å². The van der Waals surface area contributed by atoms with E-state index in [0.717, 1.165) is 0 Å². The molecule has 0 heterocycles. The van der Waals surface area contributed by atoms with Crippen LogP contribution in [-0.2, 0) is 13.6 Å². The van der Waals surface area contributed by atoms with Crippen LogP contribution in [0, 0.1) is 11.8 Å². The normalized spacial score (nSPS) is 17.1. The lowest BCUT2D eigenvalue weighted by atomic mass is 10.2. The van der Waals surface area contributed by atoms with E-state index in [1.54, 1.807) is 0 Å². The predicted octanol–water partition coefficient (Wildman–Crippen LogP) is 4.21. The van der Waals surface area contributed by atoms with Crippen molar-refractivity contribution in [3.63, 3.8) is 0 Å². The molecule has 0 rings (SSSR count). The van der Waals surface area contributed by atoms with Crippen molar-refractivity contribution >= 4 is 64.1 Å². The molecular formula is C8H17Br2Cl2N2O3P. The van der Waals surface area contributed by atoms with Crippen LogP contribution in [0.4, 0.5) is 0 Å². The molecule has 110 valence electrons. The van der Waals surface area contributed by atoms with Gasteiger partial charge in [0.15, 0.2) is 0 Å². The zero-order chi connectivity index (χ0) is 14.1. The zero-order valence-electron chi connectivity index (χ0n) is 10.1. The third-order valence-corrected chi connectivity index (χ3v) is 3.53. The van der Waals surface area contributed by atoms with Crippen LogP contribution >= 0.6 is 64.1 Å². The summed E-state index contributed by atoms with van der Waals surface area (Å²) in [5.41, 5.74) is 0. The lowest BCUT2D eigenvalue weighted by Crippen LogP contribution is -2.16. The first-order chi connectivity index (χ1) is 8.31. The molecule has 0 spiro atoms. The van der Waals surface area contributed by atoms with E-state index in [0.29, 0.717) is 26.3 Å². The Kier molecular flexibility index (Phi) is 12.3. The molecule has 0 saturated carbocycles. The Morgan fingerprint density at radius 3 is 1.67 bits per heavy atom. The summed E-state index contributed by atoms with van der Waals surface area (Å²) in [4.78, 5) is 0. The molecule has 5 nitrogen and oxygen atoms in total. The van der Waals surface area contributed by atoms with Crippen LogP contribution in [0.5, 0.6) is 0 Å². The van der Waals surface area contributed by atoms with E-state index >= 15 is 0 Å². The van der Waals surface area contributed by atoms with Crippen LogP contribution in [0.2, 0.25) is 0 Å². The van der Waals surface area contributed by atoms with Gasteiger partial charge < -0.3 is 9.05 Å². The lowest BCUT2D eigenvalue weighted by molar-refractivity contribution is 0.181. The standard InChI is InChI=1S/C8H17Br2Cl2N2O3P/c1-7(3-13(9)11)5-16-18(15)17-6-8(2)4-14(10)12/h7-8,18H,3-6H2,1-2H3. The summed E-state index contributed by atoms with van der Waals surface area (Å²) in [5.74, 6) is 0.301. The summed E-state index contributed by atoms with van der Waals surface area (Å²) in [6, 6.07) is 0. The highest BCUT2D eigenvalue weighted by atomic mass is 79.9. The highest BCUT2D eigenvalue weighted by molar-refractivity contribution is 9.08. The van der Waals surface area contributed by atoms with E-state index in [1.807, 2.05) is 13.8 Å². The predicted molar refractivity (Wildman–Crippen MR) is 82.2 cm³/mol. The van der Waals surface area contributed by atoms with Crippen molar-refractivity contribution in [2.24, 2.45) is 11.8 Å². The van der Waals surface area contributed by atoms with Gasteiger partial charge in [-0.3, -0.25) is 4.57 Å². The highest BCUT2D eigenvalue weighted by Gasteiger charge is 2.11. The second-order valence-corrected chi connectivity index (χ2v) is 8.48. The van der Waals surface area contributed by atoms with Crippen molar-refractivity contribution in [3.05, 3.63) is 0 Å². The van der Waals surface area contributed by atoms with Crippen molar-refractivity contribution in [1.29, 1.82) is 0 Å². The molecule has 0 bridgehead atoms. The van der Waals surface area contributed by atoms with Crippen molar-refractivity contribution in [2.45, 2.75) is 13.8 Å². The van der Waals surface area contributed by atoms with E-state index in [2.05, 4.69) is 32.3 Å². The topological polar surface area (TPSA) is 42.0 Å². The molecule has 0 aliphatic carbocycles. The minimum atomic E-state index is -2.45. The summed E-state index contributed by atoms with van der Waals surface area (Å²) in [5, 5.41) is 0. The Labute approximate surface area is 136 Å². The molecule has 0 aromatic carbocycles. The van der Waals surface area contributed by atoms with Crippen LogP contribution in [-0.4, -0.2) is 33.2 Å². The summed E-state index contributed by atoms with van der Waals surface area (Å²) < 4.78 is 24.4. The molecule has 0 fully saturated rings. The fourth-order valence-corrected chi connectivity index (χ4v) is 3.42. The minimum absolute atomic E-state index is 0.151. The SMILES string of the molecule is CC(CO[PH](=O)OCC(C)CN(Cl)Br)CN(Cl)Br. The Balaban J connectivity index is 3.65. The first-order valence-corrected chi connectivity index (χ1v) is 8.61. The van der Waals surface area contributed by atoms with Crippen molar-refractivity contribution in [2.75, 3.05) is 26.3 Å². The van der Waals surface area contributed by atoms with Crippen LogP contribution in [0.1, 0.15) is 13.8 Å². The first-order valence-electron chi connectivity index (χ1n) is 5.29. The second kappa shape index (κ2) is 11.3. The van der Waals surface area contributed by atoms with Gasteiger partial charge in [0.25, 0.3) is 0 Å². The summed E-state index contributed by atoms with van der Waals surface area (Å²) in [7, 11) is -2.45. The Hall–Kier alpha value is 1.61. The van der Waals surface area contributed by atoms with Crippen LogP contribution in [0.25, 0.3) is 0 Å². The van der Waals surface area contributed by atoms with E-state index in [1.165, 1.54) is 6.89 Å². The van der Waals surface area contributed by atoms with Gasteiger partial charge in [-0.25, -0.2) is 0 Å². The molecule has 2 atom stereocenters. The van der Waals surface area contributed by atoms with E-state index in [9.17, 15) is 4.57 Å². The monoisotopic (exact) mass is 448 g/mol. The molecule has 0 aliphatic heterocycles. The van der Waals surface area contributed by atoms with E-state index in [4.69, 9.17) is 32.6 Å². The Bertz CT molecular complexity index is 230. The van der Waals surface area contributed by atoms with Gasteiger partial charge in [-0.15, -0.1) is 0 Å². The Morgan fingerprint density at radius 1 is 1.06 bits per heavy atom. The highest BCUT2D eigenvalue weighted by Crippen LogP contribution is 2.26. The van der Waals surface area contributed by atoms with Gasteiger partial charge in [-0.1, -0.05) is 13.8 Å². The molecule has 0 aliphatic rings. The summed E-state index contributed by atoms with van der Waals surface area (Å²) >= 11 is 17.4. The third kappa shape index (κ3) is 12.6. The minimum Gasteiger partial charge on any atom is -0.310 e. The molecular weight excluding hydrogens is 434 g/mol. The maximum absolute atomic E-state index is 11.4. The van der Waals surface area contributed by atoms with Gasteiger partial charge in [-0.05, 0) is 35.4 Å². The largest absolute Gasteiger partial charge is 0.319 e. The average molecular weight is 451 g/mol. The molecule has 0 aromatic heterocycles. The van der Waals surface area contributed by atoms with Crippen LogP contribution in [0.3, 0.4) is 0 Å². The third-order valence-electron chi connectivity index (χ3n) is 1.87. The van der Waals surface area contributed by atoms with Gasteiger partial charge in [0.1, 0.15) is 0 Å². The maximum Gasteiger partial charge on any atom is 0.319 e. The zero-order valence-corrected chi connectivity index (χ0v) is 15.8. The van der Waals surface area contributed by atoms with Gasteiger partial charge in [0, 0.05) is 45.4 Å². The van der Waals surface area contributed by atoms with Gasteiger partial charge in [0.05, 0.1) is 13.2 Å². The molecule has 0 amide bonds. The molecule has 18 heavy (non-hydrogen) atoms. The molecule has 10 heteroatoms. The molecule has 0 radical (unpaired) electrons. The maximum atomic E-state index is 11.4. The van der Waals surface area contributed by atoms with E-state index < -0.39 is 8.25 Å². The van der Waals surface area contributed by atoms with Gasteiger partial charge in [-0.2, -0.15) is 6.89 Å². The quantitative estimate of drug-likeness (QED) is 0.368. The Morgan fingerprint density at radius 2 is 1.39 bits per heavy atom. The van der Waals surface area contributed by atoms with E-state index in [-0.39, 0.29) is 11.8 Å². The first kappa shape index (κ1) is 19.6. The number of nitrogens with zero attached hydrogens (tertiary/aromatic N) is 2. The van der Waals surface area contributed by atoms with Crippen molar-refractivity contribution < 1.29 is 13.6 Å².